The maximum absolute atomic E-state index is 13.0. The van der Waals surface area contributed by atoms with Crippen LogP contribution in [0.15, 0.2) is 96.0 Å². The summed E-state index contributed by atoms with van der Waals surface area (Å²) in [5.74, 6) is 0. The van der Waals surface area contributed by atoms with E-state index in [1.54, 1.807) is 13.3 Å². The molecule has 40 heavy (non-hydrogen) atoms. The molecule has 1 amide bonds. The third-order valence-corrected chi connectivity index (χ3v) is 11.6. The van der Waals surface area contributed by atoms with E-state index < -0.39 is 32.2 Å². The van der Waals surface area contributed by atoms with Gasteiger partial charge in [-0.3, -0.25) is 4.99 Å². The molecular weight excluding hydrogens is 516 g/mol. The first-order valence-corrected chi connectivity index (χ1v) is 15.7. The fourth-order valence-corrected chi connectivity index (χ4v) is 9.41. The highest BCUT2D eigenvalue weighted by Crippen LogP contribution is 2.37. The van der Waals surface area contributed by atoms with E-state index in [9.17, 15) is 4.79 Å². The van der Waals surface area contributed by atoms with Gasteiger partial charge in [-0.15, -0.1) is 0 Å². The molecule has 0 saturated heterocycles. The molecule has 3 rings (SSSR count). The van der Waals surface area contributed by atoms with Gasteiger partial charge in [0.15, 0.2) is 0 Å². The van der Waals surface area contributed by atoms with E-state index in [1.165, 1.54) is 0 Å². The van der Waals surface area contributed by atoms with Crippen molar-refractivity contribution in [2.75, 3.05) is 13.7 Å². The van der Waals surface area contributed by atoms with Crippen molar-refractivity contribution in [3.63, 3.8) is 0 Å². The highest BCUT2D eigenvalue weighted by Gasteiger charge is 2.50. The van der Waals surface area contributed by atoms with Gasteiger partial charge in [-0.1, -0.05) is 112 Å². The third kappa shape index (κ3) is 8.37. The van der Waals surface area contributed by atoms with Crippen molar-refractivity contribution in [1.82, 2.24) is 5.32 Å². The molecule has 0 unspecified atom stereocenters. The van der Waals surface area contributed by atoms with E-state index in [2.05, 4.69) is 79.6 Å². The van der Waals surface area contributed by atoms with Gasteiger partial charge in [0.25, 0.3) is 8.32 Å². The third-order valence-electron chi connectivity index (χ3n) is 6.64. The summed E-state index contributed by atoms with van der Waals surface area (Å²) >= 11 is 0. The van der Waals surface area contributed by atoms with E-state index in [4.69, 9.17) is 13.9 Å². The second-order valence-electron chi connectivity index (χ2n) is 11.9. The molecule has 0 saturated carbocycles. The number of hydrogen-bond donors (Lipinski definition) is 1. The SMILES string of the molecule is CO[C@@H](C=NCc1ccccc1)[C@H](CO[Si](c1ccccc1)(c1ccccc1)C(C)(C)C)NC(=O)OC(C)(C)C. The summed E-state index contributed by atoms with van der Waals surface area (Å²) < 4.78 is 18.6. The Morgan fingerprint density at radius 2 is 1.35 bits per heavy atom. The number of nitrogens with one attached hydrogen (secondary N) is 1. The number of amides is 1. The van der Waals surface area contributed by atoms with Crippen molar-refractivity contribution >= 4 is 31.0 Å². The van der Waals surface area contributed by atoms with Crippen LogP contribution in [0.25, 0.3) is 0 Å². The van der Waals surface area contributed by atoms with Gasteiger partial charge in [0, 0.05) is 13.3 Å². The molecule has 0 aliphatic rings. The molecule has 0 bridgehead atoms. The van der Waals surface area contributed by atoms with Crippen molar-refractivity contribution in [2.24, 2.45) is 4.99 Å². The molecule has 0 aromatic heterocycles. The van der Waals surface area contributed by atoms with Crippen LogP contribution >= 0.6 is 0 Å². The first kappa shape index (κ1) is 31.3. The minimum atomic E-state index is -2.84. The number of nitrogens with zero attached hydrogens (tertiary/aromatic N) is 1. The number of benzene rings is 3. The highest BCUT2D eigenvalue weighted by molar-refractivity contribution is 6.99. The van der Waals surface area contributed by atoms with Gasteiger partial charge in [0.05, 0.1) is 19.2 Å². The fraction of sp³-hybridized carbons (Fsp3) is 0.394. The van der Waals surface area contributed by atoms with E-state index in [0.717, 1.165) is 15.9 Å². The molecule has 0 radical (unpaired) electrons. The predicted molar refractivity (Wildman–Crippen MR) is 166 cm³/mol. The quantitative estimate of drug-likeness (QED) is 0.240. The van der Waals surface area contributed by atoms with Crippen LogP contribution in [0.1, 0.15) is 47.1 Å². The molecule has 2 atom stereocenters. The first-order valence-electron chi connectivity index (χ1n) is 13.8. The summed E-state index contributed by atoms with van der Waals surface area (Å²) in [5, 5.41) is 5.13. The molecule has 3 aromatic carbocycles. The molecule has 1 N–H and O–H groups in total. The van der Waals surface area contributed by atoms with Crippen molar-refractivity contribution in [2.45, 2.75) is 70.9 Å². The Morgan fingerprint density at radius 3 is 1.80 bits per heavy atom. The number of carbonyl (C=O) groups excluding carboxylic acids is 1. The van der Waals surface area contributed by atoms with Crippen LogP contribution in [0, 0.1) is 0 Å². The number of alkyl carbamates (subject to hydrolysis) is 1. The Labute approximate surface area is 240 Å². The van der Waals surface area contributed by atoms with E-state index in [-0.39, 0.29) is 11.6 Å². The van der Waals surface area contributed by atoms with Crippen molar-refractivity contribution in [3.05, 3.63) is 96.6 Å². The second-order valence-corrected chi connectivity index (χ2v) is 16.2. The predicted octanol–water partition coefficient (Wildman–Crippen LogP) is 5.74. The Bertz CT molecular complexity index is 1170. The average Bonchev–Trinajstić information content (AvgIpc) is 2.91. The fourth-order valence-electron chi connectivity index (χ4n) is 4.83. The average molecular weight is 561 g/mol. The summed E-state index contributed by atoms with van der Waals surface area (Å²) in [6, 6.07) is 30.3. The first-order chi connectivity index (χ1) is 19.0. The number of carbonyl (C=O) groups is 1. The summed E-state index contributed by atoms with van der Waals surface area (Å²) in [6.07, 6.45) is 0.695. The van der Waals surface area contributed by atoms with Gasteiger partial charge >= 0.3 is 6.09 Å². The standard InChI is InChI=1S/C33H44N2O4Si/c1-32(2,3)39-31(36)35-29(30(37-7)24-34-23-26-17-11-8-12-18-26)25-38-40(33(4,5)6,27-19-13-9-14-20-27)28-21-15-10-16-22-28/h8-22,24,29-30H,23,25H2,1-7H3,(H,35,36)/t29-,30-/m0/s1. The molecule has 0 fully saturated rings. The number of methoxy groups -OCH3 is 1. The van der Waals surface area contributed by atoms with Gasteiger partial charge in [0.2, 0.25) is 0 Å². The lowest BCUT2D eigenvalue weighted by Crippen LogP contribution is -2.68. The maximum Gasteiger partial charge on any atom is 0.408 e. The lowest BCUT2D eigenvalue weighted by molar-refractivity contribution is 0.0386. The van der Waals surface area contributed by atoms with Gasteiger partial charge in [0.1, 0.15) is 11.7 Å². The molecule has 214 valence electrons. The minimum absolute atomic E-state index is 0.211. The summed E-state index contributed by atoms with van der Waals surface area (Å²) in [7, 11) is -1.23. The Hall–Kier alpha value is -3.26. The molecule has 3 aromatic rings. The Morgan fingerprint density at radius 1 is 0.850 bits per heavy atom. The van der Waals surface area contributed by atoms with Crippen LogP contribution in [0.5, 0.6) is 0 Å². The monoisotopic (exact) mass is 560 g/mol. The maximum atomic E-state index is 13.0. The molecule has 0 aliphatic heterocycles. The van der Waals surface area contributed by atoms with Crippen LogP contribution < -0.4 is 15.7 Å². The number of aliphatic imine (C=N–C) groups is 1. The number of rotatable bonds is 11. The van der Waals surface area contributed by atoms with Crippen molar-refractivity contribution in [1.29, 1.82) is 0 Å². The lowest BCUT2D eigenvalue weighted by Gasteiger charge is -2.44. The smallest absolute Gasteiger partial charge is 0.408 e. The van der Waals surface area contributed by atoms with E-state index in [0.29, 0.717) is 6.54 Å². The topological polar surface area (TPSA) is 69.2 Å². The Kier molecular flexibility index (Phi) is 10.9. The number of ether oxygens (including phenoxy) is 2. The largest absolute Gasteiger partial charge is 0.444 e. The van der Waals surface area contributed by atoms with Crippen molar-refractivity contribution in [3.8, 4) is 0 Å². The molecular formula is C33H44N2O4Si. The van der Waals surface area contributed by atoms with Crippen LogP contribution in [0.4, 0.5) is 4.79 Å². The van der Waals surface area contributed by atoms with E-state index >= 15 is 0 Å². The summed E-state index contributed by atoms with van der Waals surface area (Å²) in [5.41, 5.74) is 0.450. The van der Waals surface area contributed by atoms with Crippen LogP contribution in [-0.2, 0) is 20.4 Å². The zero-order valence-corrected chi connectivity index (χ0v) is 25.9. The van der Waals surface area contributed by atoms with Crippen LogP contribution in [-0.4, -0.2) is 52.1 Å². The van der Waals surface area contributed by atoms with Gasteiger partial charge in [-0.05, 0) is 41.7 Å². The summed E-state index contributed by atoms with van der Waals surface area (Å²) in [4.78, 5) is 17.6. The minimum Gasteiger partial charge on any atom is -0.444 e. The normalized spacial score (nSPS) is 14.1. The lowest BCUT2D eigenvalue weighted by atomic mass is 10.2. The second kappa shape index (κ2) is 13.9. The highest BCUT2D eigenvalue weighted by atomic mass is 28.4. The zero-order chi connectivity index (χ0) is 29.2. The van der Waals surface area contributed by atoms with E-state index in [1.807, 2.05) is 63.2 Å². The molecule has 0 aliphatic carbocycles. The summed E-state index contributed by atoms with van der Waals surface area (Å²) in [6.45, 7) is 12.9. The van der Waals surface area contributed by atoms with Gasteiger partial charge in [-0.2, -0.15) is 0 Å². The Balaban J connectivity index is 1.98. The van der Waals surface area contributed by atoms with Gasteiger partial charge in [-0.25, -0.2) is 4.79 Å². The molecule has 0 heterocycles. The molecule has 6 nitrogen and oxygen atoms in total. The molecule has 7 heteroatoms. The molecule has 0 spiro atoms. The van der Waals surface area contributed by atoms with Gasteiger partial charge < -0.3 is 19.2 Å². The zero-order valence-electron chi connectivity index (χ0n) is 24.9. The van der Waals surface area contributed by atoms with Crippen LogP contribution in [0.3, 0.4) is 0 Å². The van der Waals surface area contributed by atoms with Crippen LogP contribution in [0.2, 0.25) is 5.04 Å². The van der Waals surface area contributed by atoms with Crippen molar-refractivity contribution < 1.29 is 18.7 Å². The number of hydrogen-bond acceptors (Lipinski definition) is 5.